The van der Waals surface area contributed by atoms with Gasteiger partial charge >= 0.3 is 0 Å². The third kappa shape index (κ3) is 4.36. The molecule has 1 aliphatic rings. The van der Waals surface area contributed by atoms with Crippen LogP contribution < -0.4 is 0 Å². The Morgan fingerprint density at radius 1 is 1.26 bits per heavy atom. The minimum Gasteiger partial charge on any atom is -0.367 e. The van der Waals surface area contributed by atoms with E-state index in [1.165, 1.54) is 0 Å². The van der Waals surface area contributed by atoms with E-state index in [1.54, 1.807) is 12.5 Å². The molecule has 1 atom stereocenters. The Kier molecular flexibility index (Phi) is 5.32. The summed E-state index contributed by atoms with van der Waals surface area (Å²) in [5.41, 5.74) is 2.10. The van der Waals surface area contributed by atoms with Crippen molar-refractivity contribution in [2.45, 2.75) is 25.4 Å². The highest BCUT2D eigenvalue weighted by Gasteiger charge is 2.25. The van der Waals surface area contributed by atoms with Crippen molar-refractivity contribution in [1.29, 1.82) is 0 Å². The highest BCUT2D eigenvalue weighted by Crippen LogP contribution is 2.25. The molecule has 5 nitrogen and oxygen atoms in total. The first-order valence-electron chi connectivity index (χ1n) is 7.98. The van der Waals surface area contributed by atoms with Crippen LogP contribution in [0, 0.1) is 0 Å². The molecule has 1 aliphatic heterocycles. The van der Waals surface area contributed by atoms with Crippen LogP contribution in [0.5, 0.6) is 0 Å². The summed E-state index contributed by atoms with van der Waals surface area (Å²) in [5.74, 6) is 0.351. The van der Waals surface area contributed by atoms with Gasteiger partial charge in [0.25, 0.3) is 0 Å². The number of nitrogens with zero attached hydrogens (tertiary/aromatic N) is 3. The first-order valence-corrected chi connectivity index (χ1v) is 7.98. The summed E-state index contributed by atoms with van der Waals surface area (Å²) in [4.78, 5) is 22.5. The molecule has 0 N–H and O–H groups in total. The van der Waals surface area contributed by atoms with Gasteiger partial charge in [0, 0.05) is 30.9 Å². The lowest BCUT2D eigenvalue weighted by atomic mass is 9.94. The van der Waals surface area contributed by atoms with Gasteiger partial charge in [-0.3, -0.25) is 4.79 Å². The molecule has 2 aromatic rings. The van der Waals surface area contributed by atoms with Gasteiger partial charge < -0.3 is 9.64 Å². The van der Waals surface area contributed by atoms with Gasteiger partial charge in [-0.1, -0.05) is 30.3 Å². The van der Waals surface area contributed by atoms with Crippen LogP contribution in [0.4, 0.5) is 0 Å². The van der Waals surface area contributed by atoms with Gasteiger partial charge in [0.05, 0.1) is 6.61 Å². The first-order chi connectivity index (χ1) is 11.3. The van der Waals surface area contributed by atoms with Gasteiger partial charge in [-0.05, 0) is 24.5 Å². The summed E-state index contributed by atoms with van der Waals surface area (Å²) in [6.45, 7) is 2.11. The third-order valence-electron chi connectivity index (χ3n) is 4.13. The van der Waals surface area contributed by atoms with Crippen LogP contribution in [0.2, 0.25) is 0 Å². The lowest BCUT2D eigenvalue weighted by Crippen LogP contribution is -2.41. The molecular weight excluding hydrogens is 290 g/mol. The SMILES string of the molecule is O=C(COCc1ccccc1)N1CCC[C@@H](c2ccncn2)C1. The number of ether oxygens (including phenoxy) is 1. The van der Waals surface area contributed by atoms with E-state index in [2.05, 4.69) is 9.97 Å². The molecule has 1 fully saturated rings. The Morgan fingerprint density at radius 3 is 2.91 bits per heavy atom. The highest BCUT2D eigenvalue weighted by molar-refractivity contribution is 5.77. The van der Waals surface area contributed by atoms with E-state index in [0.29, 0.717) is 19.1 Å². The van der Waals surface area contributed by atoms with Gasteiger partial charge in [-0.15, -0.1) is 0 Å². The largest absolute Gasteiger partial charge is 0.367 e. The van der Waals surface area contributed by atoms with Crippen LogP contribution in [0.15, 0.2) is 48.9 Å². The van der Waals surface area contributed by atoms with Crippen LogP contribution in [-0.2, 0) is 16.1 Å². The number of amides is 1. The number of hydrogen-bond donors (Lipinski definition) is 0. The van der Waals surface area contributed by atoms with Crippen molar-refractivity contribution in [2.24, 2.45) is 0 Å². The fraction of sp³-hybridized carbons (Fsp3) is 0.389. The van der Waals surface area contributed by atoms with Gasteiger partial charge in [0.15, 0.2) is 0 Å². The molecule has 1 saturated heterocycles. The second-order valence-electron chi connectivity index (χ2n) is 5.79. The van der Waals surface area contributed by atoms with E-state index >= 15 is 0 Å². The van der Waals surface area contributed by atoms with E-state index in [1.807, 2.05) is 41.3 Å². The maximum atomic E-state index is 12.3. The second-order valence-corrected chi connectivity index (χ2v) is 5.79. The Bertz CT molecular complexity index is 619. The van der Waals surface area contributed by atoms with E-state index in [0.717, 1.165) is 30.6 Å². The summed E-state index contributed by atoms with van der Waals surface area (Å²) in [6, 6.07) is 11.8. The van der Waals surface area contributed by atoms with Gasteiger partial charge in [-0.2, -0.15) is 0 Å². The zero-order chi connectivity index (χ0) is 15.9. The lowest BCUT2D eigenvalue weighted by Gasteiger charge is -2.32. The lowest BCUT2D eigenvalue weighted by molar-refractivity contribution is -0.137. The Labute approximate surface area is 136 Å². The standard InChI is InChI=1S/C18H21N3O2/c22-18(13-23-12-15-5-2-1-3-6-15)21-10-4-7-16(11-21)17-8-9-19-14-20-17/h1-3,5-6,8-9,14,16H,4,7,10-13H2/t16-/m1/s1. The summed E-state index contributed by atoms with van der Waals surface area (Å²) in [7, 11) is 0. The number of likely N-dealkylation sites (tertiary alicyclic amines) is 1. The van der Waals surface area contributed by atoms with Crippen molar-refractivity contribution in [3.8, 4) is 0 Å². The molecule has 0 unspecified atom stereocenters. The third-order valence-corrected chi connectivity index (χ3v) is 4.13. The molecule has 2 heterocycles. The molecule has 1 aromatic heterocycles. The average molecular weight is 311 g/mol. The second kappa shape index (κ2) is 7.83. The quantitative estimate of drug-likeness (QED) is 0.851. The molecule has 23 heavy (non-hydrogen) atoms. The predicted octanol–water partition coefficient (Wildman–Crippen LogP) is 2.40. The van der Waals surface area contributed by atoms with Crippen LogP contribution in [0.25, 0.3) is 0 Å². The molecule has 0 aliphatic carbocycles. The molecule has 3 rings (SSSR count). The van der Waals surface area contributed by atoms with E-state index in [-0.39, 0.29) is 12.5 Å². The molecule has 0 spiro atoms. The summed E-state index contributed by atoms with van der Waals surface area (Å²) in [5, 5.41) is 0. The maximum Gasteiger partial charge on any atom is 0.248 e. The van der Waals surface area contributed by atoms with Crippen LogP contribution in [0.3, 0.4) is 0 Å². The van der Waals surface area contributed by atoms with Crippen molar-refractivity contribution in [3.05, 3.63) is 60.2 Å². The summed E-state index contributed by atoms with van der Waals surface area (Å²) >= 11 is 0. The monoisotopic (exact) mass is 311 g/mol. The van der Waals surface area contributed by atoms with Crippen LogP contribution in [0.1, 0.15) is 30.0 Å². The van der Waals surface area contributed by atoms with E-state index in [9.17, 15) is 4.79 Å². The van der Waals surface area contributed by atoms with Gasteiger partial charge in [0.1, 0.15) is 12.9 Å². The van der Waals surface area contributed by atoms with Crippen molar-refractivity contribution in [3.63, 3.8) is 0 Å². The summed E-state index contributed by atoms with van der Waals surface area (Å²) in [6.07, 6.45) is 5.38. The Hall–Kier alpha value is -2.27. The normalized spacial score (nSPS) is 17.9. The maximum absolute atomic E-state index is 12.3. The summed E-state index contributed by atoms with van der Waals surface area (Å²) < 4.78 is 5.56. The fourth-order valence-corrected chi connectivity index (χ4v) is 2.91. The number of aromatic nitrogens is 2. The van der Waals surface area contributed by atoms with Crippen molar-refractivity contribution < 1.29 is 9.53 Å². The van der Waals surface area contributed by atoms with Crippen molar-refractivity contribution in [1.82, 2.24) is 14.9 Å². The smallest absolute Gasteiger partial charge is 0.248 e. The zero-order valence-electron chi connectivity index (χ0n) is 13.1. The Balaban J connectivity index is 1.49. The predicted molar refractivity (Wildman–Crippen MR) is 86.7 cm³/mol. The van der Waals surface area contributed by atoms with Gasteiger partial charge in [-0.25, -0.2) is 9.97 Å². The molecule has 5 heteroatoms. The average Bonchev–Trinajstić information content (AvgIpc) is 2.63. The van der Waals surface area contributed by atoms with E-state index < -0.39 is 0 Å². The number of rotatable bonds is 5. The zero-order valence-corrected chi connectivity index (χ0v) is 13.1. The minimum absolute atomic E-state index is 0.0553. The van der Waals surface area contributed by atoms with E-state index in [4.69, 9.17) is 4.74 Å². The molecule has 1 aromatic carbocycles. The van der Waals surface area contributed by atoms with Gasteiger partial charge in [0.2, 0.25) is 5.91 Å². The molecular formula is C18H21N3O2. The molecule has 120 valence electrons. The number of piperidine rings is 1. The fourth-order valence-electron chi connectivity index (χ4n) is 2.91. The highest BCUT2D eigenvalue weighted by atomic mass is 16.5. The Morgan fingerprint density at radius 2 is 2.13 bits per heavy atom. The van der Waals surface area contributed by atoms with Crippen LogP contribution in [-0.4, -0.2) is 40.5 Å². The molecule has 0 radical (unpaired) electrons. The number of carbonyl (C=O) groups is 1. The minimum atomic E-state index is 0.0553. The van der Waals surface area contributed by atoms with Crippen LogP contribution >= 0.6 is 0 Å². The number of hydrogen-bond acceptors (Lipinski definition) is 4. The topological polar surface area (TPSA) is 55.3 Å². The number of benzene rings is 1. The molecule has 1 amide bonds. The first kappa shape index (κ1) is 15.6. The van der Waals surface area contributed by atoms with Crippen molar-refractivity contribution in [2.75, 3.05) is 19.7 Å². The molecule has 0 bridgehead atoms. The van der Waals surface area contributed by atoms with Crippen molar-refractivity contribution >= 4 is 5.91 Å². The molecule has 0 saturated carbocycles. The number of carbonyl (C=O) groups excluding carboxylic acids is 1.